The summed E-state index contributed by atoms with van der Waals surface area (Å²) in [6.45, 7) is 3.18. The van der Waals surface area contributed by atoms with E-state index in [1.54, 1.807) is 7.11 Å². The van der Waals surface area contributed by atoms with Gasteiger partial charge in [0.2, 0.25) is 0 Å². The number of ether oxygens (including phenoxy) is 1. The highest BCUT2D eigenvalue weighted by atomic mass is 16.5. The second-order valence-corrected chi connectivity index (χ2v) is 4.76. The molecular formula is C11H22N2O. The molecule has 1 saturated carbocycles. The van der Waals surface area contributed by atoms with E-state index in [2.05, 4.69) is 4.90 Å². The Morgan fingerprint density at radius 3 is 2.79 bits per heavy atom. The molecule has 2 aliphatic rings. The molecule has 1 aliphatic heterocycles. The third-order valence-electron chi connectivity index (χ3n) is 3.46. The summed E-state index contributed by atoms with van der Waals surface area (Å²) in [5.74, 6) is 0.889. The lowest BCUT2D eigenvalue weighted by atomic mass is 10.0. The van der Waals surface area contributed by atoms with Gasteiger partial charge in [0.15, 0.2) is 0 Å². The van der Waals surface area contributed by atoms with Crippen molar-refractivity contribution in [3.8, 4) is 0 Å². The van der Waals surface area contributed by atoms with Crippen molar-refractivity contribution in [1.29, 1.82) is 0 Å². The van der Waals surface area contributed by atoms with Gasteiger partial charge in [0.05, 0.1) is 6.61 Å². The first-order valence-electron chi connectivity index (χ1n) is 5.80. The van der Waals surface area contributed by atoms with Crippen LogP contribution in [0, 0.1) is 5.92 Å². The van der Waals surface area contributed by atoms with E-state index in [0.29, 0.717) is 12.1 Å². The Balaban J connectivity index is 1.88. The van der Waals surface area contributed by atoms with Crippen molar-refractivity contribution in [2.75, 3.05) is 26.8 Å². The van der Waals surface area contributed by atoms with Crippen LogP contribution in [0.1, 0.15) is 25.7 Å². The topological polar surface area (TPSA) is 38.5 Å². The van der Waals surface area contributed by atoms with E-state index in [-0.39, 0.29) is 0 Å². The van der Waals surface area contributed by atoms with Gasteiger partial charge in [-0.15, -0.1) is 0 Å². The lowest BCUT2D eigenvalue weighted by molar-refractivity contribution is 0.0599. The van der Waals surface area contributed by atoms with Crippen molar-refractivity contribution in [3.05, 3.63) is 0 Å². The molecule has 0 aromatic heterocycles. The minimum atomic E-state index is 0.391. The number of methoxy groups -OCH3 is 1. The van der Waals surface area contributed by atoms with Crippen LogP contribution < -0.4 is 5.73 Å². The number of rotatable bonds is 4. The van der Waals surface area contributed by atoms with Crippen LogP contribution in [0.25, 0.3) is 0 Å². The molecule has 0 radical (unpaired) electrons. The van der Waals surface area contributed by atoms with Crippen LogP contribution in [0.4, 0.5) is 0 Å². The third-order valence-corrected chi connectivity index (χ3v) is 3.46. The summed E-state index contributed by atoms with van der Waals surface area (Å²) in [7, 11) is 1.80. The normalized spacial score (nSPS) is 31.7. The molecule has 0 aromatic carbocycles. The van der Waals surface area contributed by atoms with Gasteiger partial charge in [0, 0.05) is 25.7 Å². The number of nitrogens with two attached hydrogens (primary N) is 1. The number of hydrogen-bond acceptors (Lipinski definition) is 3. The predicted molar refractivity (Wildman–Crippen MR) is 57.2 cm³/mol. The van der Waals surface area contributed by atoms with Gasteiger partial charge in [-0.2, -0.15) is 0 Å². The van der Waals surface area contributed by atoms with E-state index >= 15 is 0 Å². The molecule has 0 bridgehead atoms. The zero-order valence-corrected chi connectivity index (χ0v) is 9.11. The molecule has 14 heavy (non-hydrogen) atoms. The van der Waals surface area contributed by atoms with Crippen molar-refractivity contribution in [2.24, 2.45) is 11.7 Å². The van der Waals surface area contributed by atoms with Crippen LogP contribution >= 0.6 is 0 Å². The first-order valence-corrected chi connectivity index (χ1v) is 5.80. The zero-order chi connectivity index (χ0) is 9.97. The summed E-state index contributed by atoms with van der Waals surface area (Å²) in [5.41, 5.74) is 6.00. The monoisotopic (exact) mass is 198 g/mol. The van der Waals surface area contributed by atoms with Crippen LogP contribution in [0.5, 0.6) is 0 Å². The summed E-state index contributed by atoms with van der Waals surface area (Å²) < 4.78 is 5.31. The molecule has 2 atom stereocenters. The largest absolute Gasteiger partial charge is 0.383 e. The fourth-order valence-corrected chi connectivity index (χ4v) is 2.53. The number of hydrogen-bond donors (Lipinski definition) is 1. The van der Waals surface area contributed by atoms with E-state index in [9.17, 15) is 0 Å². The second-order valence-electron chi connectivity index (χ2n) is 4.76. The van der Waals surface area contributed by atoms with Crippen LogP contribution in [0.3, 0.4) is 0 Å². The molecule has 1 aliphatic carbocycles. The summed E-state index contributed by atoms with van der Waals surface area (Å²) in [4.78, 5) is 2.55. The van der Waals surface area contributed by atoms with E-state index < -0.39 is 0 Å². The molecule has 2 unspecified atom stereocenters. The highest BCUT2D eigenvalue weighted by molar-refractivity contribution is 4.90. The third kappa shape index (κ3) is 2.47. The maximum atomic E-state index is 6.00. The minimum Gasteiger partial charge on any atom is -0.383 e. The van der Waals surface area contributed by atoms with Gasteiger partial charge in [-0.25, -0.2) is 0 Å². The molecule has 1 heterocycles. The first-order chi connectivity index (χ1) is 6.81. The lowest BCUT2D eigenvalue weighted by Crippen LogP contribution is -2.50. The average molecular weight is 198 g/mol. The van der Waals surface area contributed by atoms with Crippen LogP contribution in [-0.4, -0.2) is 43.8 Å². The van der Waals surface area contributed by atoms with Crippen molar-refractivity contribution in [3.63, 3.8) is 0 Å². The predicted octanol–water partition coefficient (Wildman–Crippen LogP) is 0.835. The van der Waals surface area contributed by atoms with E-state index in [1.807, 2.05) is 0 Å². The zero-order valence-electron chi connectivity index (χ0n) is 9.11. The Labute approximate surface area is 86.6 Å². The quantitative estimate of drug-likeness (QED) is 0.727. The minimum absolute atomic E-state index is 0.391. The Morgan fingerprint density at radius 2 is 2.21 bits per heavy atom. The summed E-state index contributed by atoms with van der Waals surface area (Å²) in [6.07, 6.45) is 5.23. The average Bonchev–Trinajstić information content (AvgIpc) is 2.97. The fourth-order valence-electron chi connectivity index (χ4n) is 2.53. The maximum Gasteiger partial charge on any atom is 0.0620 e. The van der Waals surface area contributed by atoms with E-state index in [4.69, 9.17) is 10.5 Å². The van der Waals surface area contributed by atoms with Gasteiger partial charge in [-0.3, -0.25) is 4.90 Å². The molecule has 1 saturated heterocycles. The lowest BCUT2D eigenvalue weighted by Gasteiger charge is -2.37. The summed E-state index contributed by atoms with van der Waals surface area (Å²) in [6, 6.07) is 1.04. The van der Waals surface area contributed by atoms with Gasteiger partial charge in [0.25, 0.3) is 0 Å². The summed E-state index contributed by atoms with van der Waals surface area (Å²) >= 11 is 0. The molecule has 2 rings (SSSR count). The molecule has 2 fully saturated rings. The number of likely N-dealkylation sites (tertiary alicyclic amines) is 1. The van der Waals surface area contributed by atoms with Crippen LogP contribution in [-0.2, 0) is 4.74 Å². The number of piperidine rings is 1. The standard InChI is InChI=1S/C11H22N2O/c1-14-8-11(9-4-5-9)13-6-2-3-10(12)7-13/h9-11H,2-8,12H2,1H3. The fraction of sp³-hybridized carbons (Fsp3) is 1.00. The Morgan fingerprint density at radius 1 is 1.43 bits per heavy atom. The van der Waals surface area contributed by atoms with Gasteiger partial charge < -0.3 is 10.5 Å². The van der Waals surface area contributed by atoms with Gasteiger partial charge in [-0.05, 0) is 38.1 Å². The molecule has 3 heteroatoms. The van der Waals surface area contributed by atoms with E-state index in [0.717, 1.165) is 19.1 Å². The highest BCUT2D eigenvalue weighted by Gasteiger charge is 2.36. The SMILES string of the molecule is COCC(C1CC1)N1CCCC(N)C1. The number of nitrogens with zero attached hydrogens (tertiary/aromatic N) is 1. The van der Waals surface area contributed by atoms with Crippen LogP contribution in [0.15, 0.2) is 0 Å². The molecule has 3 nitrogen and oxygen atoms in total. The molecule has 2 N–H and O–H groups in total. The van der Waals surface area contributed by atoms with Crippen molar-refractivity contribution < 1.29 is 4.74 Å². The molecule has 82 valence electrons. The van der Waals surface area contributed by atoms with Gasteiger partial charge in [-0.1, -0.05) is 0 Å². The smallest absolute Gasteiger partial charge is 0.0620 e. The summed E-state index contributed by atoms with van der Waals surface area (Å²) in [5, 5.41) is 0. The first kappa shape index (κ1) is 10.4. The van der Waals surface area contributed by atoms with Crippen molar-refractivity contribution in [2.45, 2.75) is 37.8 Å². The Kier molecular flexibility index (Phi) is 3.42. The molecular weight excluding hydrogens is 176 g/mol. The van der Waals surface area contributed by atoms with E-state index in [1.165, 1.54) is 32.2 Å². The highest BCUT2D eigenvalue weighted by Crippen LogP contribution is 2.36. The Hall–Kier alpha value is -0.120. The molecule has 0 amide bonds. The second kappa shape index (κ2) is 4.60. The Bertz CT molecular complexity index is 182. The van der Waals surface area contributed by atoms with Crippen LogP contribution in [0.2, 0.25) is 0 Å². The van der Waals surface area contributed by atoms with Crippen molar-refractivity contribution in [1.82, 2.24) is 4.90 Å². The maximum absolute atomic E-state index is 6.00. The van der Waals surface area contributed by atoms with Gasteiger partial charge >= 0.3 is 0 Å². The van der Waals surface area contributed by atoms with Crippen molar-refractivity contribution >= 4 is 0 Å². The van der Waals surface area contributed by atoms with Gasteiger partial charge in [0.1, 0.15) is 0 Å². The molecule has 0 aromatic rings. The molecule has 0 spiro atoms.